The molecule has 1 aromatic rings. The third-order valence-electron chi connectivity index (χ3n) is 5.21. The van der Waals surface area contributed by atoms with Crippen molar-refractivity contribution in [3.8, 4) is 0 Å². The fraction of sp³-hybridized carbons (Fsp3) is 0.650. The van der Waals surface area contributed by atoms with Gasteiger partial charge in [0.2, 0.25) is 5.91 Å². The van der Waals surface area contributed by atoms with Crippen molar-refractivity contribution in [1.29, 1.82) is 0 Å². The van der Waals surface area contributed by atoms with Gasteiger partial charge in [-0.3, -0.25) is 14.6 Å². The Labute approximate surface area is 151 Å². The summed E-state index contributed by atoms with van der Waals surface area (Å²) in [6.45, 7) is 8.67. The van der Waals surface area contributed by atoms with Crippen molar-refractivity contribution < 1.29 is 9.90 Å². The van der Waals surface area contributed by atoms with E-state index in [-0.39, 0.29) is 12.0 Å². The van der Waals surface area contributed by atoms with Crippen molar-refractivity contribution >= 4 is 5.91 Å². The zero-order valence-electron chi connectivity index (χ0n) is 15.5. The van der Waals surface area contributed by atoms with Crippen LogP contribution in [0.1, 0.15) is 32.3 Å². The van der Waals surface area contributed by atoms with Crippen molar-refractivity contribution in [2.24, 2.45) is 0 Å². The second kappa shape index (κ2) is 8.30. The summed E-state index contributed by atoms with van der Waals surface area (Å²) in [4.78, 5) is 19.5. The topological polar surface area (TPSA) is 47.0 Å². The zero-order chi connectivity index (χ0) is 17.8. The normalized spacial score (nSPS) is 23.4. The number of aliphatic hydroxyl groups is 1. The zero-order valence-corrected chi connectivity index (χ0v) is 15.5. The number of β-amino-alcohol motifs (C(OH)–C–C–N with tert-alkyl or cyclic N) is 1. The molecule has 0 radical (unpaired) electrons. The number of amides is 1. The van der Waals surface area contributed by atoms with Crippen LogP contribution in [0.3, 0.4) is 0 Å². The third kappa shape index (κ3) is 5.27. The molecule has 138 valence electrons. The minimum atomic E-state index is -0.299. The molecule has 1 heterocycles. The van der Waals surface area contributed by atoms with E-state index in [0.717, 1.165) is 39.0 Å². The summed E-state index contributed by atoms with van der Waals surface area (Å²) < 4.78 is 0. The highest BCUT2D eigenvalue weighted by Crippen LogP contribution is 2.28. The lowest BCUT2D eigenvalue weighted by molar-refractivity contribution is -0.134. The highest BCUT2D eigenvalue weighted by Gasteiger charge is 2.34. The molecule has 0 aromatic heterocycles. The highest BCUT2D eigenvalue weighted by atomic mass is 16.3. The van der Waals surface area contributed by atoms with Gasteiger partial charge in [-0.1, -0.05) is 30.3 Å². The van der Waals surface area contributed by atoms with Crippen LogP contribution in [0.15, 0.2) is 30.3 Å². The van der Waals surface area contributed by atoms with Crippen LogP contribution in [0.4, 0.5) is 0 Å². The number of rotatable bonds is 7. The number of carbonyl (C=O) groups excluding carboxylic acids is 1. The van der Waals surface area contributed by atoms with Crippen LogP contribution in [0.5, 0.6) is 0 Å². The van der Waals surface area contributed by atoms with Gasteiger partial charge in [-0.05, 0) is 32.3 Å². The summed E-state index contributed by atoms with van der Waals surface area (Å²) >= 11 is 0. The summed E-state index contributed by atoms with van der Waals surface area (Å²) in [6.07, 6.45) is 1.97. The summed E-state index contributed by atoms with van der Waals surface area (Å²) in [5, 5.41) is 9.60. The van der Waals surface area contributed by atoms with Gasteiger partial charge in [0.1, 0.15) is 0 Å². The van der Waals surface area contributed by atoms with Crippen LogP contribution >= 0.6 is 0 Å². The molecular weight excluding hydrogens is 314 g/mol. The van der Waals surface area contributed by atoms with Crippen LogP contribution in [0.25, 0.3) is 0 Å². The van der Waals surface area contributed by atoms with E-state index in [1.165, 1.54) is 5.56 Å². The molecular formula is C20H31N3O2. The lowest BCUT2D eigenvalue weighted by atomic mass is 10.1. The first-order valence-corrected chi connectivity index (χ1v) is 9.51. The summed E-state index contributed by atoms with van der Waals surface area (Å²) in [5.74, 6) is 0.252. The Kier molecular flexibility index (Phi) is 6.10. The molecule has 3 rings (SSSR count). The summed E-state index contributed by atoms with van der Waals surface area (Å²) in [6, 6.07) is 11.1. The van der Waals surface area contributed by atoms with Gasteiger partial charge in [0.15, 0.2) is 0 Å². The Morgan fingerprint density at radius 3 is 2.60 bits per heavy atom. The van der Waals surface area contributed by atoms with Crippen LogP contribution in [-0.2, 0) is 11.3 Å². The van der Waals surface area contributed by atoms with Crippen LogP contribution < -0.4 is 0 Å². The first-order valence-electron chi connectivity index (χ1n) is 9.51. The van der Waals surface area contributed by atoms with Crippen molar-refractivity contribution in [2.45, 2.75) is 51.4 Å². The summed E-state index contributed by atoms with van der Waals surface area (Å²) in [5.41, 5.74) is 1.21. The van der Waals surface area contributed by atoms with E-state index >= 15 is 0 Å². The average molecular weight is 345 g/mol. The molecule has 2 fully saturated rings. The van der Waals surface area contributed by atoms with E-state index in [1.54, 1.807) is 0 Å². The highest BCUT2D eigenvalue weighted by molar-refractivity contribution is 5.79. The third-order valence-corrected chi connectivity index (χ3v) is 5.21. The quantitative estimate of drug-likeness (QED) is 0.815. The smallest absolute Gasteiger partial charge is 0.237 e. The number of hydrogen-bond donors (Lipinski definition) is 1. The molecule has 0 bridgehead atoms. The Hall–Kier alpha value is -1.43. The first-order chi connectivity index (χ1) is 12.0. The lowest BCUT2D eigenvalue weighted by Gasteiger charge is -2.40. The van der Waals surface area contributed by atoms with Crippen molar-refractivity contribution in [1.82, 2.24) is 14.7 Å². The van der Waals surface area contributed by atoms with Crippen molar-refractivity contribution in [3.63, 3.8) is 0 Å². The molecule has 5 nitrogen and oxygen atoms in total. The number of benzene rings is 1. The molecule has 1 saturated carbocycles. The molecule has 2 aliphatic rings. The van der Waals surface area contributed by atoms with Crippen molar-refractivity contribution in [3.05, 3.63) is 35.9 Å². The van der Waals surface area contributed by atoms with Gasteiger partial charge >= 0.3 is 0 Å². The predicted molar refractivity (Wildman–Crippen MR) is 99.2 cm³/mol. The second-order valence-corrected chi connectivity index (χ2v) is 7.67. The minimum Gasteiger partial charge on any atom is -0.392 e. The molecule has 2 atom stereocenters. The van der Waals surface area contributed by atoms with Gasteiger partial charge < -0.3 is 10.0 Å². The van der Waals surface area contributed by atoms with Crippen LogP contribution in [0.2, 0.25) is 0 Å². The van der Waals surface area contributed by atoms with Gasteiger partial charge in [-0.2, -0.15) is 0 Å². The van der Waals surface area contributed by atoms with Crippen LogP contribution in [0, 0.1) is 0 Å². The monoisotopic (exact) mass is 345 g/mol. The van der Waals surface area contributed by atoms with Gasteiger partial charge in [0.05, 0.1) is 12.6 Å². The maximum Gasteiger partial charge on any atom is 0.237 e. The fourth-order valence-electron chi connectivity index (χ4n) is 3.69. The number of nitrogens with zero attached hydrogens (tertiary/aromatic N) is 3. The molecule has 25 heavy (non-hydrogen) atoms. The Bertz CT molecular complexity index is 559. The molecule has 1 saturated heterocycles. The van der Waals surface area contributed by atoms with Crippen LogP contribution in [-0.4, -0.2) is 76.6 Å². The van der Waals surface area contributed by atoms with E-state index in [4.69, 9.17) is 0 Å². The molecule has 0 spiro atoms. The first kappa shape index (κ1) is 18.4. The Morgan fingerprint density at radius 2 is 2.00 bits per heavy atom. The minimum absolute atomic E-state index is 0.252. The van der Waals surface area contributed by atoms with Gasteiger partial charge in [0, 0.05) is 44.8 Å². The largest absolute Gasteiger partial charge is 0.392 e. The number of aliphatic hydroxyl groups excluding tert-OH is 1. The molecule has 5 heteroatoms. The van der Waals surface area contributed by atoms with E-state index < -0.39 is 0 Å². The summed E-state index contributed by atoms with van der Waals surface area (Å²) in [7, 11) is 0. The molecule has 1 amide bonds. The Morgan fingerprint density at radius 1 is 1.28 bits per heavy atom. The molecule has 1 aliphatic carbocycles. The maximum atomic E-state index is 12.9. The van der Waals surface area contributed by atoms with E-state index in [9.17, 15) is 9.90 Å². The maximum absolute atomic E-state index is 12.9. The molecule has 1 aromatic carbocycles. The Balaban J connectivity index is 1.53. The van der Waals surface area contributed by atoms with E-state index in [1.807, 2.05) is 25.1 Å². The average Bonchev–Trinajstić information content (AvgIpc) is 3.40. The fourth-order valence-corrected chi connectivity index (χ4v) is 3.69. The van der Waals surface area contributed by atoms with E-state index in [0.29, 0.717) is 25.2 Å². The predicted octanol–water partition coefficient (Wildman–Crippen LogP) is 1.56. The molecule has 0 unspecified atom stereocenters. The number of hydrogen-bond acceptors (Lipinski definition) is 4. The van der Waals surface area contributed by atoms with Gasteiger partial charge in [-0.25, -0.2) is 0 Å². The van der Waals surface area contributed by atoms with Gasteiger partial charge in [-0.15, -0.1) is 0 Å². The van der Waals surface area contributed by atoms with E-state index in [2.05, 4.69) is 33.8 Å². The SMILES string of the molecule is C[C@H](O)CN1CCN(CC(=O)N(Cc2ccccc2)C2CC2)C[C@@H]1C. The number of piperazine rings is 1. The molecule has 1 N–H and O–H groups in total. The van der Waals surface area contributed by atoms with Crippen molar-refractivity contribution in [2.75, 3.05) is 32.7 Å². The van der Waals surface area contributed by atoms with Gasteiger partial charge in [0.25, 0.3) is 0 Å². The molecule has 1 aliphatic heterocycles. The standard InChI is InChI=1S/C20H31N3O2/c1-16-12-21(10-11-22(16)13-17(2)24)15-20(25)23(19-8-9-19)14-18-6-4-3-5-7-18/h3-7,16-17,19,24H,8-15H2,1-2H3/t16-,17-/m0/s1. The second-order valence-electron chi connectivity index (χ2n) is 7.67. The number of carbonyl (C=O) groups is 1. The lowest BCUT2D eigenvalue weighted by Crippen LogP contribution is -2.55.